The largest absolute Gasteiger partial charge is 0.508 e. The van der Waals surface area contributed by atoms with E-state index in [0.717, 1.165) is 30.0 Å². The van der Waals surface area contributed by atoms with Crippen molar-refractivity contribution in [2.45, 2.75) is 70.7 Å². The summed E-state index contributed by atoms with van der Waals surface area (Å²) < 4.78 is 5.33. The Hall–Kier alpha value is -4.07. The van der Waals surface area contributed by atoms with Crippen molar-refractivity contribution >= 4 is 34.4 Å². The van der Waals surface area contributed by atoms with Gasteiger partial charge in [0.2, 0.25) is 5.91 Å². The predicted molar refractivity (Wildman–Crippen MR) is 147 cm³/mol. The summed E-state index contributed by atoms with van der Waals surface area (Å²) in [4.78, 5) is 41.7. The number of amides is 3. The summed E-state index contributed by atoms with van der Waals surface area (Å²) >= 11 is 0. The van der Waals surface area contributed by atoms with Gasteiger partial charge < -0.3 is 25.4 Å². The maximum atomic E-state index is 13.9. The van der Waals surface area contributed by atoms with E-state index < -0.39 is 23.8 Å². The summed E-state index contributed by atoms with van der Waals surface area (Å²) in [5, 5.41) is 17.5. The monoisotopic (exact) mass is 517 g/mol. The van der Waals surface area contributed by atoms with Gasteiger partial charge in [-0.1, -0.05) is 42.5 Å². The number of hydrogen-bond donors (Lipinski definition) is 3. The van der Waals surface area contributed by atoms with Crippen LogP contribution in [0.3, 0.4) is 0 Å². The van der Waals surface area contributed by atoms with Crippen molar-refractivity contribution in [1.82, 2.24) is 10.2 Å². The van der Waals surface area contributed by atoms with Gasteiger partial charge in [-0.2, -0.15) is 0 Å². The van der Waals surface area contributed by atoms with Crippen LogP contribution in [0.2, 0.25) is 0 Å². The molecule has 200 valence electrons. The predicted octanol–water partition coefficient (Wildman–Crippen LogP) is 5.52. The van der Waals surface area contributed by atoms with E-state index in [-0.39, 0.29) is 23.6 Å². The van der Waals surface area contributed by atoms with Gasteiger partial charge in [0.05, 0.1) is 0 Å². The minimum atomic E-state index is -0.970. The fraction of sp³-hybridized carbons (Fsp3) is 0.367. The molecule has 3 N–H and O–H groups in total. The van der Waals surface area contributed by atoms with Crippen molar-refractivity contribution in [2.24, 2.45) is 0 Å². The van der Waals surface area contributed by atoms with Crippen LogP contribution in [-0.4, -0.2) is 45.6 Å². The molecule has 38 heavy (non-hydrogen) atoms. The summed E-state index contributed by atoms with van der Waals surface area (Å²) in [6, 6.07) is 17.7. The number of aromatic hydroxyl groups is 1. The highest BCUT2D eigenvalue weighted by molar-refractivity contribution is 6.00. The summed E-state index contributed by atoms with van der Waals surface area (Å²) in [5.41, 5.74) is 0.457. The minimum Gasteiger partial charge on any atom is -0.508 e. The van der Waals surface area contributed by atoms with Gasteiger partial charge in [-0.05, 0) is 87.6 Å². The van der Waals surface area contributed by atoms with E-state index in [2.05, 4.69) is 10.6 Å². The fourth-order valence-corrected chi connectivity index (χ4v) is 4.53. The fourth-order valence-electron chi connectivity index (χ4n) is 4.53. The van der Waals surface area contributed by atoms with Gasteiger partial charge in [-0.15, -0.1) is 0 Å². The molecular weight excluding hydrogens is 482 g/mol. The van der Waals surface area contributed by atoms with Crippen LogP contribution in [0.25, 0.3) is 10.8 Å². The summed E-state index contributed by atoms with van der Waals surface area (Å²) in [5.74, 6) is -0.702. The molecular formula is C30H35N3O5. The lowest BCUT2D eigenvalue weighted by atomic mass is 9.88. The number of anilines is 1. The lowest BCUT2D eigenvalue weighted by Crippen LogP contribution is -2.56. The molecule has 1 saturated carbocycles. The van der Waals surface area contributed by atoms with E-state index in [1.165, 1.54) is 12.1 Å². The number of phenolic OH excluding ortho intramolecular Hbond substituents is 1. The second-order valence-corrected chi connectivity index (χ2v) is 10.7. The molecule has 3 amide bonds. The van der Waals surface area contributed by atoms with Crippen LogP contribution in [0.4, 0.5) is 10.5 Å². The number of phenols is 1. The zero-order valence-electron chi connectivity index (χ0n) is 22.2. The van der Waals surface area contributed by atoms with Crippen LogP contribution in [0.1, 0.15) is 58.6 Å². The minimum absolute atomic E-state index is 0.0592. The van der Waals surface area contributed by atoms with Crippen LogP contribution in [0.15, 0.2) is 66.7 Å². The number of benzene rings is 3. The lowest BCUT2D eigenvalue weighted by molar-refractivity contribution is -0.145. The number of fused-ring (bicyclic) bond motifs is 1. The molecule has 3 aromatic carbocycles. The number of rotatable bonds is 7. The number of nitrogens with one attached hydrogen (secondary N) is 2. The topological polar surface area (TPSA) is 108 Å². The van der Waals surface area contributed by atoms with Crippen LogP contribution < -0.4 is 10.6 Å². The van der Waals surface area contributed by atoms with Crippen molar-refractivity contribution < 1.29 is 24.2 Å². The van der Waals surface area contributed by atoms with Crippen molar-refractivity contribution in [2.75, 3.05) is 5.32 Å². The molecule has 0 aliphatic heterocycles. The third kappa shape index (κ3) is 6.43. The highest BCUT2D eigenvalue weighted by Crippen LogP contribution is 2.35. The summed E-state index contributed by atoms with van der Waals surface area (Å²) in [7, 11) is 0. The third-order valence-electron chi connectivity index (χ3n) is 6.58. The Kier molecular flexibility index (Phi) is 7.90. The van der Waals surface area contributed by atoms with Gasteiger partial charge in [0.1, 0.15) is 23.4 Å². The highest BCUT2D eigenvalue weighted by Gasteiger charge is 2.41. The number of hydrogen-bond acceptors (Lipinski definition) is 5. The molecule has 0 saturated heterocycles. The Morgan fingerprint density at radius 3 is 2.24 bits per heavy atom. The Balaban J connectivity index is 1.65. The van der Waals surface area contributed by atoms with E-state index in [9.17, 15) is 19.5 Å². The van der Waals surface area contributed by atoms with Gasteiger partial charge >= 0.3 is 6.09 Å². The van der Waals surface area contributed by atoms with Crippen molar-refractivity contribution in [3.8, 4) is 5.75 Å². The molecule has 1 aliphatic carbocycles. The molecule has 1 fully saturated rings. The molecule has 8 heteroatoms. The lowest BCUT2D eigenvalue weighted by Gasteiger charge is -2.43. The smallest absolute Gasteiger partial charge is 0.408 e. The number of alkyl carbamates (subject to hydrolysis) is 1. The number of nitrogens with zero attached hydrogens (tertiary/aromatic N) is 1. The van der Waals surface area contributed by atoms with Gasteiger partial charge in [-0.25, -0.2) is 4.79 Å². The highest BCUT2D eigenvalue weighted by atomic mass is 16.6. The molecule has 8 nitrogen and oxygen atoms in total. The number of ether oxygens (including phenoxy) is 1. The SMILES string of the molecule is CC(NC(=O)OC(C)(C)C)C(=O)N(C1CCC1)C(C(=O)Nc1ccc2ccccc2c1)c1ccc(O)cc1. The molecule has 2 unspecified atom stereocenters. The van der Waals surface area contributed by atoms with Gasteiger partial charge in [0.25, 0.3) is 5.91 Å². The number of carbonyl (C=O) groups excluding carboxylic acids is 3. The van der Waals surface area contributed by atoms with Crippen LogP contribution in [0.5, 0.6) is 5.75 Å². The Morgan fingerprint density at radius 2 is 1.63 bits per heavy atom. The molecule has 0 heterocycles. The second-order valence-electron chi connectivity index (χ2n) is 10.7. The Bertz CT molecular complexity index is 1310. The molecule has 2 atom stereocenters. The first-order chi connectivity index (χ1) is 18.0. The van der Waals surface area contributed by atoms with E-state index in [1.807, 2.05) is 42.5 Å². The third-order valence-corrected chi connectivity index (χ3v) is 6.58. The van der Waals surface area contributed by atoms with E-state index in [0.29, 0.717) is 11.3 Å². The zero-order valence-corrected chi connectivity index (χ0v) is 22.2. The maximum Gasteiger partial charge on any atom is 0.408 e. The zero-order chi connectivity index (χ0) is 27.4. The van der Waals surface area contributed by atoms with Crippen molar-refractivity contribution in [1.29, 1.82) is 0 Å². The van der Waals surface area contributed by atoms with Crippen LogP contribution in [-0.2, 0) is 14.3 Å². The van der Waals surface area contributed by atoms with Crippen molar-refractivity contribution in [3.63, 3.8) is 0 Å². The molecule has 0 radical (unpaired) electrons. The van der Waals surface area contributed by atoms with Crippen LogP contribution in [0, 0.1) is 0 Å². The van der Waals surface area contributed by atoms with E-state index in [4.69, 9.17) is 4.74 Å². The van der Waals surface area contributed by atoms with E-state index >= 15 is 0 Å². The van der Waals surface area contributed by atoms with Gasteiger partial charge in [-0.3, -0.25) is 9.59 Å². The molecule has 1 aliphatic rings. The first-order valence-electron chi connectivity index (χ1n) is 12.9. The number of carbonyl (C=O) groups is 3. The maximum absolute atomic E-state index is 13.9. The molecule has 3 aromatic rings. The molecule has 0 spiro atoms. The van der Waals surface area contributed by atoms with E-state index in [1.54, 1.807) is 44.7 Å². The average molecular weight is 518 g/mol. The summed E-state index contributed by atoms with van der Waals surface area (Å²) in [6.07, 6.45) is 1.75. The van der Waals surface area contributed by atoms with Crippen molar-refractivity contribution in [3.05, 3.63) is 72.3 Å². The van der Waals surface area contributed by atoms with Crippen LogP contribution >= 0.6 is 0 Å². The Morgan fingerprint density at radius 1 is 0.974 bits per heavy atom. The normalized spacial score (nSPS) is 15.2. The van der Waals surface area contributed by atoms with Gasteiger partial charge in [0.15, 0.2) is 0 Å². The first kappa shape index (κ1) is 27.0. The average Bonchev–Trinajstić information content (AvgIpc) is 2.81. The second kappa shape index (κ2) is 11.1. The molecule has 4 rings (SSSR count). The first-order valence-corrected chi connectivity index (χ1v) is 12.9. The Labute approximate surface area is 223 Å². The van der Waals surface area contributed by atoms with Gasteiger partial charge in [0, 0.05) is 11.7 Å². The quantitative estimate of drug-likeness (QED) is 0.383. The molecule has 0 aromatic heterocycles. The standard InChI is InChI=1S/C30H35N3O5/c1-19(31-29(37)38-30(2,3)4)28(36)33(24-10-7-11-24)26(21-13-16-25(34)17-14-21)27(35)32-23-15-12-20-8-5-6-9-22(20)18-23/h5-6,8-9,12-19,24,26,34H,7,10-11H2,1-4H3,(H,31,37)(H,32,35). The summed E-state index contributed by atoms with van der Waals surface area (Å²) in [6.45, 7) is 6.83. The molecule has 0 bridgehead atoms.